The summed E-state index contributed by atoms with van der Waals surface area (Å²) in [5.74, 6) is -2.07. The highest BCUT2D eigenvalue weighted by molar-refractivity contribution is 6.02. The minimum absolute atomic E-state index is 0.0129. The van der Waals surface area contributed by atoms with Gasteiger partial charge in [-0.1, -0.05) is 13.3 Å². The summed E-state index contributed by atoms with van der Waals surface area (Å²) >= 11 is 0. The van der Waals surface area contributed by atoms with E-state index in [0.29, 0.717) is 5.06 Å². The molecule has 1 rings (SSSR count). The number of hydroxylamine groups is 2. The van der Waals surface area contributed by atoms with Gasteiger partial charge >= 0.3 is 12.1 Å². The van der Waals surface area contributed by atoms with Crippen LogP contribution in [0.2, 0.25) is 0 Å². The number of unbranched alkanes of at least 4 members (excludes halogenated alkanes) is 1. The second kappa shape index (κ2) is 7.05. The predicted octanol–water partition coefficient (Wildman–Crippen LogP) is 0.898. The summed E-state index contributed by atoms with van der Waals surface area (Å²) in [6.07, 6.45) is 0.856. The maximum Gasteiger partial charge on any atom is 0.408 e. The van der Waals surface area contributed by atoms with Gasteiger partial charge in [0, 0.05) is 12.8 Å². The number of imide groups is 1. The van der Waals surface area contributed by atoms with Crippen LogP contribution in [-0.2, 0) is 24.0 Å². The summed E-state index contributed by atoms with van der Waals surface area (Å²) < 4.78 is 4.88. The molecule has 21 heavy (non-hydrogen) atoms. The fraction of sp³-hybridized carbons (Fsp3) is 0.692. The Morgan fingerprint density at radius 1 is 1.24 bits per heavy atom. The number of ether oxygens (including phenoxy) is 1. The molecular weight excluding hydrogens is 280 g/mol. The van der Waals surface area contributed by atoms with Crippen molar-refractivity contribution in [3.63, 3.8) is 0 Å². The Hall–Kier alpha value is -2.12. The van der Waals surface area contributed by atoms with E-state index in [2.05, 4.69) is 5.32 Å². The molecule has 1 aliphatic heterocycles. The zero-order valence-electron chi connectivity index (χ0n) is 12.4. The second-order valence-electron chi connectivity index (χ2n) is 5.20. The highest BCUT2D eigenvalue weighted by Crippen LogP contribution is 2.15. The van der Waals surface area contributed by atoms with Crippen molar-refractivity contribution in [2.45, 2.75) is 52.0 Å². The number of rotatable bonds is 6. The molecule has 1 N–H and O–H groups in total. The summed E-state index contributed by atoms with van der Waals surface area (Å²) in [7, 11) is 0. The van der Waals surface area contributed by atoms with Gasteiger partial charge in [-0.3, -0.25) is 9.59 Å². The van der Waals surface area contributed by atoms with E-state index < -0.39 is 29.4 Å². The molecular formula is C13H20N2O6. The fourth-order valence-electron chi connectivity index (χ4n) is 1.51. The van der Waals surface area contributed by atoms with E-state index in [1.54, 1.807) is 0 Å². The van der Waals surface area contributed by atoms with E-state index >= 15 is 0 Å². The van der Waals surface area contributed by atoms with Crippen molar-refractivity contribution in [2.75, 3.05) is 6.61 Å². The molecule has 0 spiro atoms. The first-order valence-corrected chi connectivity index (χ1v) is 6.81. The van der Waals surface area contributed by atoms with Crippen LogP contribution in [0.1, 0.15) is 46.5 Å². The average molecular weight is 300 g/mol. The van der Waals surface area contributed by atoms with Gasteiger partial charge in [-0.15, -0.1) is 5.06 Å². The molecule has 0 atom stereocenters. The molecule has 0 aromatic rings. The molecule has 8 heteroatoms. The summed E-state index contributed by atoms with van der Waals surface area (Å²) in [6, 6.07) is 0. The van der Waals surface area contributed by atoms with Gasteiger partial charge in [-0.25, -0.2) is 9.59 Å². The van der Waals surface area contributed by atoms with E-state index in [-0.39, 0.29) is 19.4 Å². The molecule has 3 amide bonds. The fourth-order valence-corrected chi connectivity index (χ4v) is 1.51. The monoisotopic (exact) mass is 300 g/mol. The summed E-state index contributed by atoms with van der Waals surface area (Å²) in [4.78, 5) is 50.9. The minimum atomic E-state index is -1.42. The van der Waals surface area contributed by atoms with Crippen molar-refractivity contribution in [1.82, 2.24) is 10.4 Å². The summed E-state index contributed by atoms with van der Waals surface area (Å²) in [5.41, 5.74) is -1.42. The lowest BCUT2D eigenvalue weighted by Crippen LogP contribution is -2.53. The number of carbonyl (C=O) groups is 4. The van der Waals surface area contributed by atoms with Gasteiger partial charge in [0.05, 0.1) is 6.61 Å². The van der Waals surface area contributed by atoms with Gasteiger partial charge < -0.3 is 14.9 Å². The van der Waals surface area contributed by atoms with Crippen LogP contribution in [-0.4, -0.2) is 41.1 Å². The van der Waals surface area contributed by atoms with Crippen molar-refractivity contribution in [3.05, 3.63) is 0 Å². The highest BCUT2D eigenvalue weighted by Gasteiger charge is 2.39. The van der Waals surface area contributed by atoms with Gasteiger partial charge in [0.1, 0.15) is 5.54 Å². The van der Waals surface area contributed by atoms with E-state index in [4.69, 9.17) is 9.57 Å². The molecule has 0 bridgehead atoms. The molecule has 1 heterocycles. The Labute approximate surface area is 122 Å². The smallest absolute Gasteiger partial charge is 0.408 e. The van der Waals surface area contributed by atoms with Crippen LogP contribution >= 0.6 is 0 Å². The van der Waals surface area contributed by atoms with Gasteiger partial charge in [-0.2, -0.15) is 0 Å². The van der Waals surface area contributed by atoms with Crippen LogP contribution in [0.25, 0.3) is 0 Å². The number of alkyl carbamates (subject to hydrolysis) is 1. The average Bonchev–Trinajstić information content (AvgIpc) is 2.70. The standard InChI is InChI=1S/C13H20N2O6/c1-4-5-8-20-12(19)14-13(2,3)11(18)21-15-9(16)6-7-10(15)17/h4-8H2,1-3H3,(H,14,19). The van der Waals surface area contributed by atoms with E-state index in [0.717, 1.165) is 12.8 Å². The van der Waals surface area contributed by atoms with Crippen LogP contribution in [0, 0.1) is 0 Å². The van der Waals surface area contributed by atoms with Gasteiger partial charge in [0.25, 0.3) is 11.8 Å². The van der Waals surface area contributed by atoms with E-state index in [1.807, 2.05) is 6.92 Å². The summed E-state index contributed by atoms with van der Waals surface area (Å²) in [5, 5.41) is 2.77. The lowest BCUT2D eigenvalue weighted by Gasteiger charge is -2.25. The van der Waals surface area contributed by atoms with Crippen LogP contribution < -0.4 is 5.32 Å². The van der Waals surface area contributed by atoms with Crippen molar-refractivity contribution < 1.29 is 28.8 Å². The molecule has 0 aromatic carbocycles. The molecule has 0 aliphatic carbocycles. The number of hydrogen-bond acceptors (Lipinski definition) is 6. The SMILES string of the molecule is CCCCOC(=O)NC(C)(C)C(=O)ON1C(=O)CCC1=O. The predicted molar refractivity (Wildman–Crippen MR) is 70.6 cm³/mol. The van der Waals surface area contributed by atoms with Gasteiger partial charge in [0.15, 0.2) is 0 Å². The minimum Gasteiger partial charge on any atom is -0.450 e. The highest BCUT2D eigenvalue weighted by atomic mass is 16.7. The number of nitrogens with one attached hydrogen (secondary N) is 1. The Bertz CT molecular complexity index is 430. The third kappa shape index (κ3) is 4.73. The number of carbonyl (C=O) groups excluding carboxylic acids is 4. The second-order valence-corrected chi connectivity index (χ2v) is 5.20. The molecule has 118 valence electrons. The first-order chi connectivity index (χ1) is 9.77. The lowest BCUT2D eigenvalue weighted by molar-refractivity contribution is -0.201. The van der Waals surface area contributed by atoms with Crippen molar-refractivity contribution in [2.24, 2.45) is 0 Å². The summed E-state index contributed by atoms with van der Waals surface area (Å²) in [6.45, 7) is 4.98. The maximum absolute atomic E-state index is 11.9. The topological polar surface area (TPSA) is 102 Å². The quantitative estimate of drug-likeness (QED) is 0.577. The van der Waals surface area contributed by atoms with Crippen molar-refractivity contribution >= 4 is 23.9 Å². The van der Waals surface area contributed by atoms with Crippen LogP contribution in [0.3, 0.4) is 0 Å². The molecule has 0 aromatic heterocycles. The Morgan fingerprint density at radius 3 is 2.33 bits per heavy atom. The molecule has 1 aliphatic rings. The van der Waals surface area contributed by atoms with E-state index in [1.165, 1.54) is 13.8 Å². The molecule has 0 radical (unpaired) electrons. The third-order valence-electron chi connectivity index (χ3n) is 2.84. The Morgan fingerprint density at radius 2 is 1.81 bits per heavy atom. The third-order valence-corrected chi connectivity index (χ3v) is 2.84. The van der Waals surface area contributed by atoms with Gasteiger partial charge in [0.2, 0.25) is 0 Å². The number of nitrogens with zero attached hydrogens (tertiary/aromatic N) is 1. The van der Waals surface area contributed by atoms with Crippen molar-refractivity contribution in [1.29, 1.82) is 0 Å². The normalized spacial score (nSPS) is 15.1. The zero-order chi connectivity index (χ0) is 16.0. The Balaban J connectivity index is 2.52. The zero-order valence-corrected chi connectivity index (χ0v) is 12.4. The molecule has 1 fully saturated rings. The van der Waals surface area contributed by atoms with Gasteiger partial charge in [-0.05, 0) is 20.3 Å². The molecule has 8 nitrogen and oxygen atoms in total. The lowest BCUT2D eigenvalue weighted by atomic mass is 10.1. The maximum atomic E-state index is 11.9. The van der Waals surface area contributed by atoms with Crippen LogP contribution in [0.15, 0.2) is 0 Å². The van der Waals surface area contributed by atoms with E-state index in [9.17, 15) is 19.2 Å². The van der Waals surface area contributed by atoms with Crippen molar-refractivity contribution in [3.8, 4) is 0 Å². The van der Waals surface area contributed by atoms with Crippen LogP contribution in [0.5, 0.6) is 0 Å². The first kappa shape index (κ1) is 16.9. The molecule has 0 saturated carbocycles. The Kier molecular flexibility index (Phi) is 5.69. The molecule has 1 saturated heterocycles. The van der Waals surface area contributed by atoms with Crippen LogP contribution in [0.4, 0.5) is 4.79 Å². The first-order valence-electron chi connectivity index (χ1n) is 6.81. The number of amides is 3. The largest absolute Gasteiger partial charge is 0.450 e. The molecule has 0 unspecified atom stereocenters. The number of hydrogen-bond donors (Lipinski definition) is 1.